The molecule has 0 fully saturated rings. The topological polar surface area (TPSA) is 125 Å². The van der Waals surface area contributed by atoms with Gasteiger partial charge in [0.15, 0.2) is 6.10 Å². The van der Waals surface area contributed by atoms with Crippen molar-refractivity contribution in [3.8, 4) is 5.75 Å². The first-order valence-electron chi connectivity index (χ1n) is 10.7. The van der Waals surface area contributed by atoms with Gasteiger partial charge in [-0.1, -0.05) is 66.2 Å². The van der Waals surface area contributed by atoms with Gasteiger partial charge in [-0.3, -0.25) is 9.59 Å². The lowest BCUT2D eigenvalue weighted by atomic mass is 9.99. The van der Waals surface area contributed by atoms with E-state index in [1.165, 1.54) is 7.11 Å². The van der Waals surface area contributed by atoms with Crippen LogP contribution < -0.4 is 15.4 Å². The summed E-state index contributed by atoms with van der Waals surface area (Å²) in [5, 5.41) is 25.9. The van der Waals surface area contributed by atoms with Crippen molar-refractivity contribution in [2.75, 3.05) is 7.11 Å². The number of hydrogen-bond donors (Lipinski definition) is 4. The van der Waals surface area contributed by atoms with Crippen LogP contribution in [0.25, 0.3) is 0 Å². The molecule has 0 bridgehead atoms. The molecule has 0 aliphatic carbocycles. The van der Waals surface area contributed by atoms with E-state index in [2.05, 4.69) is 10.6 Å². The van der Waals surface area contributed by atoms with E-state index in [0.717, 1.165) is 0 Å². The minimum absolute atomic E-state index is 0.0795. The lowest BCUT2D eigenvalue weighted by molar-refractivity contribution is -0.143. The van der Waals surface area contributed by atoms with Crippen LogP contribution in [0.5, 0.6) is 5.75 Å². The Labute approximate surface area is 207 Å². The summed E-state index contributed by atoms with van der Waals surface area (Å²) in [4.78, 5) is 37.5. The van der Waals surface area contributed by atoms with Gasteiger partial charge in [0.05, 0.1) is 18.2 Å². The maximum Gasteiger partial charge on any atom is 0.326 e. The number of methoxy groups -OCH3 is 1. The standard InChI is InChI=1S/C26H25ClN2O6/c1-35-21-13-12-16(14-19(21)27)15-20(26(33)34)28-25(32)23(30)22(17-8-4-2-5-9-17)29-24(31)18-10-6-3-7-11-18/h2-14,20,22-23,30H,15H2,1H3,(H,28,32)(H,29,31)(H,33,34)/t20-,22+,23-/m1/s1. The number of carboxylic acids is 1. The van der Waals surface area contributed by atoms with Crippen molar-refractivity contribution in [3.63, 3.8) is 0 Å². The molecule has 182 valence electrons. The van der Waals surface area contributed by atoms with Crippen molar-refractivity contribution in [2.45, 2.75) is 24.6 Å². The van der Waals surface area contributed by atoms with Crippen LogP contribution in [0, 0.1) is 0 Å². The van der Waals surface area contributed by atoms with Gasteiger partial charge in [0.25, 0.3) is 11.8 Å². The number of amides is 2. The van der Waals surface area contributed by atoms with Crippen LogP contribution in [-0.4, -0.2) is 47.3 Å². The molecule has 0 aliphatic heterocycles. The van der Waals surface area contributed by atoms with Gasteiger partial charge in [-0.2, -0.15) is 0 Å². The first-order chi connectivity index (χ1) is 16.8. The highest BCUT2D eigenvalue weighted by Crippen LogP contribution is 2.25. The Morgan fingerprint density at radius 1 is 0.943 bits per heavy atom. The highest BCUT2D eigenvalue weighted by atomic mass is 35.5. The van der Waals surface area contributed by atoms with Crippen molar-refractivity contribution in [1.29, 1.82) is 0 Å². The van der Waals surface area contributed by atoms with E-state index in [-0.39, 0.29) is 6.42 Å². The number of rotatable bonds is 10. The molecule has 0 aromatic heterocycles. The van der Waals surface area contributed by atoms with Gasteiger partial charge < -0.3 is 25.6 Å². The van der Waals surface area contributed by atoms with Gasteiger partial charge in [-0.25, -0.2) is 4.79 Å². The summed E-state index contributed by atoms with van der Waals surface area (Å²) in [6.45, 7) is 0. The number of ether oxygens (including phenoxy) is 1. The zero-order chi connectivity index (χ0) is 25.4. The SMILES string of the molecule is COc1ccc(C[C@@H](NC(=O)[C@H](O)[C@@H](NC(=O)c2ccccc2)c2ccccc2)C(=O)O)cc1Cl. The van der Waals surface area contributed by atoms with Crippen LogP contribution in [0.1, 0.15) is 27.5 Å². The molecule has 3 aromatic carbocycles. The number of benzene rings is 3. The molecule has 8 nitrogen and oxygen atoms in total. The van der Waals surface area contributed by atoms with E-state index in [1.807, 2.05) is 0 Å². The number of carbonyl (C=O) groups excluding carboxylic acids is 2. The molecular weight excluding hydrogens is 472 g/mol. The molecule has 3 rings (SSSR count). The molecule has 35 heavy (non-hydrogen) atoms. The lowest BCUT2D eigenvalue weighted by Gasteiger charge is -2.25. The molecule has 4 N–H and O–H groups in total. The monoisotopic (exact) mass is 496 g/mol. The van der Waals surface area contributed by atoms with E-state index in [4.69, 9.17) is 16.3 Å². The second-order valence-corrected chi connectivity index (χ2v) is 8.15. The summed E-state index contributed by atoms with van der Waals surface area (Å²) < 4.78 is 5.09. The number of nitrogens with one attached hydrogen (secondary N) is 2. The van der Waals surface area contributed by atoms with Crippen LogP contribution >= 0.6 is 11.6 Å². The van der Waals surface area contributed by atoms with Gasteiger partial charge in [0.1, 0.15) is 11.8 Å². The third-order valence-electron chi connectivity index (χ3n) is 5.34. The Morgan fingerprint density at radius 2 is 1.57 bits per heavy atom. The van der Waals surface area contributed by atoms with Crippen LogP contribution in [0.2, 0.25) is 5.02 Å². The van der Waals surface area contributed by atoms with E-state index in [0.29, 0.717) is 27.5 Å². The van der Waals surface area contributed by atoms with E-state index in [9.17, 15) is 24.6 Å². The Bertz CT molecular complexity index is 1170. The number of carbonyl (C=O) groups is 3. The second-order valence-electron chi connectivity index (χ2n) is 7.75. The molecule has 3 aromatic rings. The Kier molecular flexibility index (Phi) is 8.83. The van der Waals surface area contributed by atoms with E-state index >= 15 is 0 Å². The Hall–Kier alpha value is -3.88. The summed E-state index contributed by atoms with van der Waals surface area (Å²) in [5.41, 5.74) is 1.38. The average molecular weight is 497 g/mol. The van der Waals surface area contributed by atoms with Gasteiger partial charge in [0, 0.05) is 12.0 Å². The van der Waals surface area contributed by atoms with Crippen LogP contribution in [0.15, 0.2) is 78.9 Å². The number of carboxylic acid groups (broad SMARTS) is 1. The largest absolute Gasteiger partial charge is 0.495 e. The van der Waals surface area contributed by atoms with Gasteiger partial charge in [-0.05, 0) is 35.4 Å². The van der Waals surface area contributed by atoms with Gasteiger partial charge in [0.2, 0.25) is 0 Å². The lowest BCUT2D eigenvalue weighted by Crippen LogP contribution is -2.50. The minimum Gasteiger partial charge on any atom is -0.495 e. The molecule has 0 saturated carbocycles. The van der Waals surface area contributed by atoms with Crippen LogP contribution in [0.4, 0.5) is 0 Å². The Morgan fingerprint density at radius 3 is 2.14 bits per heavy atom. The predicted molar refractivity (Wildman–Crippen MR) is 130 cm³/mol. The quantitative estimate of drug-likeness (QED) is 0.342. The summed E-state index contributed by atoms with van der Waals surface area (Å²) in [6.07, 6.45) is -1.84. The molecule has 0 radical (unpaired) electrons. The first kappa shape index (κ1) is 25.7. The zero-order valence-electron chi connectivity index (χ0n) is 18.9. The summed E-state index contributed by atoms with van der Waals surface area (Å²) in [5.74, 6) is -2.29. The molecule has 3 atom stereocenters. The summed E-state index contributed by atoms with van der Waals surface area (Å²) in [7, 11) is 1.46. The number of aliphatic carboxylic acids is 1. The summed E-state index contributed by atoms with van der Waals surface area (Å²) >= 11 is 6.12. The van der Waals surface area contributed by atoms with Crippen molar-refractivity contribution >= 4 is 29.4 Å². The third kappa shape index (κ3) is 6.81. The molecular formula is C26H25ClN2O6. The fraction of sp³-hybridized carbons (Fsp3) is 0.192. The maximum absolute atomic E-state index is 12.9. The zero-order valence-corrected chi connectivity index (χ0v) is 19.6. The first-order valence-corrected chi connectivity index (χ1v) is 11.1. The maximum atomic E-state index is 12.9. The third-order valence-corrected chi connectivity index (χ3v) is 5.63. The van der Waals surface area contributed by atoms with E-state index < -0.39 is 36.0 Å². The molecule has 0 unspecified atom stereocenters. The van der Waals surface area contributed by atoms with Crippen molar-refractivity contribution in [1.82, 2.24) is 10.6 Å². The highest BCUT2D eigenvalue weighted by Gasteiger charge is 2.32. The minimum atomic E-state index is -1.76. The number of aliphatic hydroxyl groups excluding tert-OH is 1. The van der Waals surface area contributed by atoms with Gasteiger partial charge in [-0.15, -0.1) is 0 Å². The average Bonchev–Trinajstić information content (AvgIpc) is 2.87. The number of halogens is 1. The molecule has 0 spiro atoms. The predicted octanol–water partition coefficient (Wildman–Crippen LogP) is 2.99. The molecule has 0 saturated heterocycles. The van der Waals surface area contributed by atoms with Crippen molar-refractivity contribution in [2.24, 2.45) is 0 Å². The second kappa shape index (κ2) is 12.0. The smallest absolute Gasteiger partial charge is 0.326 e. The molecule has 0 aliphatic rings. The fourth-order valence-electron chi connectivity index (χ4n) is 3.50. The van der Waals surface area contributed by atoms with Crippen LogP contribution in [-0.2, 0) is 16.0 Å². The van der Waals surface area contributed by atoms with Crippen molar-refractivity contribution in [3.05, 3.63) is 101 Å². The van der Waals surface area contributed by atoms with E-state index in [1.54, 1.807) is 78.9 Å². The summed E-state index contributed by atoms with van der Waals surface area (Å²) in [6, 6.07) is 19.1. The molecule has 2 amide bonds. The van der Waals surface area contributed by atoms with Crippen LogP contribution in [0.3, 0.4) is 0 Å². The fourth-order valence-corrected chi connectivity index (χ4v) is 3.78. The van der Waals surface area contributed by atoms with Gasteiger partial charge >= 0.3 is 5.97 Å². The number of aliphatic hydroxyl groups is 1. The highest BCUT2D eigenvalue weighted by molar-refractivity contribution is 6.32. The Balaban J connectivity index is 1.78. The molecule has 9 heteroatoms. The van der Waals surface area contributed by atoms with Crippen molar-refractivity contribution < 1.29 is 29.3 Å². The number of hydrogen-bond acceptors (Lipinski definition) is 5. The molecule has 0 heterocycles. The normalized spacial score (nSPS) is 13.2.